The van der Waals surface area contributed by atoms with Gasteiger partial charge in [0.25, 0.3) is 0 Å². The molecule has 4 aliphatic rings. The van der Waals surface area contributed by atoms with Gasteiger partial charge in [0.2, 0.25) is 11.8 Å². The Labute approximate surface area is 149 Å². The van der Waals surface area contributed by atoms with E-state index in [9.17, 15) is 9.59 Å². The maximum Gasteiger partial charge on any atom is 0.237 e. The Balaban J connectivity index is 1.33. The molecule has 2 saturated carbocycles. The number of carbonyl (C=O) groups is 2. The third-order valence-corrected chi connectivity index (χ3v) is 8.03. The highest BCUT2D eigenvalue weighted by molar-refractivity contribution is 8.01. The summed E-state index contributed by atoms with van der Waals surface area (Å²) in [5, 5.41) is 0. The molecule has 2 saturated heterocycles. The number of hydrogen-bond donors (Lipinski definition) is 0. The van der Waals surface area contributed by atoms with Crippen LogP contribution in [0.2, 0.25) is 0 Å². The SMILES string of the molecule is CC(C1CC1)N(C(=O)CN1CCC2(CC1)SCC(=O)N2C)C1CC1. The van der Waals surface area contributed by atoms with Crippen molar-refractivity contribution in [2.45, 2.75) is 62.4 Å². The maximum atomic E-state index is 12.9. The fourth-order valence-corrected chi connectivity index (χ4v) is 5.70. The molecule has 1 unspecified atom stereocenters. The van der Waals surface area contributed by atoms with E-state index in [2.05, 4.69) is 16.7 Å². The first-order valence-electron chi connectivity index (χ1n) is 9.44. The first-order valence-corrected chi connectivity index (χ1v) is 10.4. The minimum atomic E-state index is -0.00584. The lowest BCUT2D eigenvalue weighted by atomic mass is 10.0. The molecule has 2 aliphatic carbocycles. The molecule has 2 aliphatic heterocycles. The fraction of sp³-hybridized carbons (Fsp3) is 0.889. The van der Waals surface area contributed by atoms with Crippen LogP contribution in [0.3, 0.4) is 0 Å². The predicted octanol–water partition coefficient (Wildman–Crippen LogP) is 1.77. The number of likely N-dealkylation sites (tertiary alicyclic amines) is 1. The summed E-state index contributed by atoms with van der Waals surface area (Å²) in [5.41, 5.74) is 0. The first-order chi connectivity index (χ1) is 11.5. The van der Waals surface area contributed by atoms with E-state index < -0.39 is 0 Å². The van der Waals surface area contributed by atoms with Crippen molar-refractivity contribution in [1.82, 2.24) is 14.7 Å². The van der Waals surface area contributed by atoms with E-state index in [0.29, 0.717) is 30.3 Å². The molecular formula is C18H29N3O2S. The minimum absolute atomic E-state index is 0.00584. The summed E-state index contributed by atoms with van der Waals surface area (Å²) < 4.78 is 0. The maximum absolute atomic E-state index is 12.9. The summed E-state index contributed by atoms with van der Waals surface area (Å²) in [6.45, 7) is 4.65. The first kappa shape index (κ1) is 16.7. The van der Waals surface area contributed by atoms with Gasteiger partial charge in [-0.2, -0.15) is 0 Å². The van der Waals surface area contributed by atoms with Gasteiger partial charge in [0.1, 0.15) is 0 Å². The molecule has 6 heteroatoms. The van der Waals surface area contributed by atoms with Crippen LogP contribution >= 0.6 is 11.8 Å². The van der Waals surface area contributed by atoms with Crippen molar-refractivity contribution in [3.8, 4) is 0 Å². The molecule has 0 N–H and O–H groups in total. The largest absolute Gasteiger partial charge is 0.336 e. The van der Waals surface area contributed by atoms with E-state index in [-0.39, 0.29) is 10.8 Å². The van der Waals surface area contributed by atoms with E-state index >= 15 is 0 Å². The van der Waals surface area contributed by atoms with E-state index in [4.69, 9.17) is 0 Å². The summed E-state index contributed by atoms with van der Waals surface area (Å²) in [4.78, 5) is 31.2. The lowest BCUT2D eigenvalue weighted by molar-refractivity contribution is -0.137. The molecule has 1 atom stereocenters. The van der Waals surface area contributed by atoms with Gasteiger partial charge in [-0.25, -0.2) is 0 Å². The molecule has 0 bridgehead atoms. The molecule has 0 radical (unpaired) electrons. The van der Waals surface area contributed by atoms with Crippen LogP contribution in [0.4, 0.5) is 0 Å². The Morgan fingerprint density at radius 3 is 2.46 bits per heavy atom. The van der Waals surface area contributed by atoms with Crippen molar-refractivity contribution in [2.75, 3.05) is 32.4 Å². The molecule has 134 valence electrons. The van der Waals surface area contributed by atoms with Gasteiger partial charge in [0.05, 0.1) is 17.2 Å². The minimum Gasteiger partial charge on any atom is -0.336 e. The average molecular weight is 352 g/mol. The molecule has 0 aromatic carbocycles. The summed E-state index contributed by atoms with van der Waals surface area (Å²) in [5.74, 6) is 1.94. The predicted molar refractivity (Wildman–Crippen MR) is 95.7 cm³/mol. The number of nitrogens with zero attached hydrogens (tertiary/aromatic N) is 3. The topological polar surface area (TPSA) is 43.9 Å². The van der Waals surface area contributed by atoms with Gasteiger partial charge in [-0.1, -0.05) is 0 Å². The van der Waals surface area contributed by atoms with E-state index in [1.165, 1.54) is 25.7 Å². The summed E-state index contributed by atoms with van der Waals surface area (Å²) in [6, 6.07) is 0.939. The normalized spacial score (nSPS) is 28.4. The zero-order valence-electron chi connectivity index (χ0n) is 14.9. The van der Waals surface area contributed by atoms with Crippen molar-refractivity contribution in [3.63, 3.8) is 0 Å². The Morgan fingerprint density at radius 2 is 1.96 bits per heavy atom. The van der Waals surface area contributed by atoms with Crippen LogP contribution in [0.1, 0.15) is 45.4 Å². The summed E-state index contributed by atoms with van der Waals surface area (Å²) in [7, 11) is 1.94. The average Bonchev–Trinajstić information content (AvgIpc) is 3.46. The lowest BCUT2D eigenvalue weighted by Gasteiger charge is -2.43. The molecule has 0 aromatic heterocycles. The number of piperidine rings is 1. The smallest absolute Gasteiger partial charge is 0.237 e. The number of carbonyl (C=O) groups excluding carboxylic acids is 2. The highest BCUT2D eigenvalue weighted by Gasteiger charge is 2.47. The van der Waals surface area contributed by atoms with Crippen molar-refractivity contribution < 1.29 is 9.59 Å². The Bertz CT molecular complexity index is 524. The molecule has 4 fully saturated rings. The molecule has 0 aromatic rings. The fourth-order valence-electron chi connectivity index (χ4n) is 4.35. The lowest BCUT2D eigenvalue weighted by Crippen LogP contribution is -2.53. The van der Waals surface area contributed by atoms with Crippen LogP contribution in [0.25, 0.3) is 0 Å². The monoisotopic (exact) mass is 351 g/mol. The molecule has 24 heavy (non-hydrogen) atoms. The van der Waals surface area contributed by atoms with Gasteiger partial charge < -0.3 is 9.80 Å². The van der Waals surface area contributed by atoms with Gasteiger partial charge in [0.15, 0.2) is 0 Å². The standard InChI is InChI=1S/C18H29N3O2S/c1-13(14-3-4-14)21(15-5-6-15)16(22)11-20-9-7-18(8-10-20)19(2)17(23)12-24-18/h13-15H,3-12H2,1-2H3. The Morgan fingerprint density at radius 1 is 1.29 bits per heavy atom. The second kappa shape index (κ2) is 6.20. The molecule has 1 spiro atoms. The van der Waals surface area contributed by atoms with Gasteiger partial charge in [-0.3, -0.25) is 14.5 Å². The van der Waals surface area contributed by atoms with Crippen LogP contribution in [0.5, 0.6) is 0 Å². The second-order valence-electron chi connectivity index (χ2n) is 8.07. The van der Waals surface area contributed by atoms with Crippen molar-refractivity contribution in [2.24, 2.45) is 5.92 Å². The third-order valence-electron chi connectivity index (χ3n) is 6.42. The summed E-state index contributed by atoms with van der Waals surface area (Å²) in [6.07, 6.45) is 6.93. The molecular weight excluding hydrogens is 322 g/mol. The molecule has 5 nitrogen and oxygen atoms in total. The molecule has 2 heterocycles. The summed E-state index contributed by atoms with van der Waals surface area (Å²) >= 11 is 1.80. The van der Waals surface area contributed by atoms with Crippen LogP contribution in [-0.4, -0.2) is 75.9 Å². The molecule has 4 rings (SSSR count). The number of rotatable bonds is 5. The quantitative estimate of drug-likeness (QED) is 0.757. The third kappa shape index (κ3) is 3.07. The van der Waals surface area contributed by atoms with E-state index in [0.717, 1.165) is 31.8 Å². The van der Waals surface area contributed by atoms with Gasteiger partial charge in [-0.05, 0) is 51.4 Å². The number of hydrogen-bond acceptors (Lipinski definition) is 4. The van der Waals surface area contributed by atoms with Crippen molar-refractivity contribution in [3.05, 3.63) is 0 Å². The van der Waals surface area contributed by atoms with Crippen molar-refractivity contribution in [1.29, 1.82) is 0 Å². The Kier molecular flexibility index (Phi) is 4.32. The highest BCUT2D eigenvalue weighted by Crippen LogP contribution is 2.43. The second-order valence-corrected chi connectivity index (χ2v) is 9.41. The van der Waals surface area contributed by atoms with Crippen LogP contribution < -0.4 is 0 Å². The Hall–Kier alpha value is -0.750. The molecule has 2 amide bonds. The van der Waals surface area contributed by atoms with Gasteiger partial charge in [0, 0.05) is 32.2 Å². The van der Waals surface area contributed by atoms with E-state index in [1.54, 1.807) is 11.8 Å². The van der Waals surface area contributed by atoms with Gasteiger partial charge in [-0.15, -0.1) is 11.8 Å². The van der Waals surface area contributed by atoms with Crippen LogP contribution in [0.15, 0.2) is 0 Å². The van der Waals surface area contributed by atoms with Gasteiger partial charge >= 0.3 is 0 Å². The zero-order chi connectivity index (χ0) is 16.9. The van der Waals surface area contributed by atoms with Crippen LogP contribution in [0, 0.1) is 5.92 Å². The van der Waals surface area contributed by atoms with Crippen molar-refractivity contribution >= 4 is 23.6 Å². The number of amides is 2. The zero-order valence-corrected chi connectivity index (χ0v) is 15.7. The number of thioether (sulfide) groups is 1. The highest BCUT2D eigenvalue weighted by atomic mass is 32.2. The van der Waals surface area contributed by atoms with Crippen LogP contribution in [-0.2, 0) is 9.59 Å². The van der Waals surface area contributed by atoms with E-state index in [1.807, 2.05) is 11.9 Å².